The average Bonchev–Trinajstić information content (AvgIpc) is 2.72. The highest BCUT2D eigenvalue weighted by atomic mass is 35.5. The predicted octanol–water partition coefficient (Wildman–Crippen LogP) is 4.19. The van der Waals surface area contributed by atoms with Gasteiger partial charge in [0, 0.05) is 28.7 Å². The molecule has 1 saturated carbocycles. The highest BCUT2D eigenvalue weighted by Gasteiger charge is 2.40. The second-order valence-electron chi connectivity index (χ2n) is 7.06. The number of amides is 2. The van der Waals surface area contributed by atoms with Gasteiger partial charge in [0.15, 0.2) is 0 Å². The molecule has 0 spiro atoms. The Balaban J connectivity index is 1.47. The first kappa shape index (κ1) is 19.1. The molecule has 1 aliphatic rings. The van der Waals surface area contributed by atoms with Gasteiger partial charge in [0.2, 0.25) is 0 Å². The van der Waals surface area contributed by atoms with E-state index < -0.39 is 0 Å². The smallest absolute Gasteiger partial charge is 0.258 e. The Morgan fingerprint density at radius 3 is 2.10 bits per heavy atom. The van der Waals surface area contributed by atoms with Crippen LogP contribution in [-0.4, -0.2) is 21.8 Å². The van der Waals surface area contributed by atoms with E-state index in [-0.39, 0.29) is 17.4 Å². The standard InChI is InChI=1S/C22H19ClN4O2/c23-18-6-2-15(3-7-18)21(29)27-22(10-1-11-22)17-4-8-19(9-5-17)26-20(28)16-12-24-14-25-13-16/h2-9,12-14H,1,10-11H2,(H,26,28)(H,27,29). The third kappa shape index (κ3) is 4.12. The van der Waals surface area contributed by atoms with Crippen LogP contribution in [0.3, 0.4) is 0 Å². The molecule has 29 heavy (non-hydrogen) atoms. The van der Waals surface area contributed by atoms with Gasteiger partial charge in [-0.3, -0.25) is 9.59 Å². The number of nitrogens with one attached hydrogen (secondary N) is 2. The fourth-order valence-electron chi connectivity index (χ4n) is 3.40. The average molecular weight is 407 g/mol. The summed E-state index contributed by atoms with van der Waals surface area (Å²) in [5.41, 5.74) is 2.28. The van der Waals surface area contributed by atoms with Crippen molar-refractivity contribution in [3.05, 3.63) is 89.0 Å². The summed E-state index contributed by atoms with van der Waals surface area (Å²) < 4.78 is 0. The van der Waals surface area contributed by atoms with E-state index in [9.17, 15) is 9.59 Å². The molecule has 2 amide bonds. The van der Waals surface area contributed by atoms with E-state index in [1.807, 2.05) is 24.3 Å². The highest BCUT2D eigenvalue weighted by molar-refractivity contribution is 6.30. The molecule has 3 aromatic rings. The van der Waals surface area contributed by atoms with Crippen molar-refractivity contribution in [2.75, 3.05) is 5.32 Å². The van der Waals surface area contributed by atoms with Crippen molar-refractivity contribution in [2.24, 2.45) is 0 Å². The molecule has 7 heteroatoms. The predicted molar refractivity (Wildman–Crippen MR) is 111 cm³/mol. The van der Waals surface area contributed by atoms with Gasteiger partial charge in [-0.25, -0.2) is 9.97 Å². The number of rotatable bonds is 5. The number of hydrogen-bond donors (Lipinski definition) is 2. The van der Waals surface area contributed by atoms with Gasteiger partial charge in [-0.15, -0.1) is 0 Å². The van der Waals surface area contributed by atoms with Crippen LogP contribution in [0, 0.1) is 0 Å². The third-order valence-electron chi connectivity index (χ3n) is 5.18. The van der Waals surface area contributed by atoms with E-state index in [1.54, 1.807) is 24.3 Å². The van der Waals surface area contributed by atoms with Crippen LogP contribution in [-0.2, 0) is 5.54 Å². The first-order valence-corrected chi connectivity index (χ1v) is 9.69. The maximum atomic E-state index is 12.7. The minimum absolute atomic E-state index is 0.122. The van der Waals surface area contributed by atoms with Crippen LogP contribution in [0.1, 0.15) is 45.5 Å². The van der Waals surface area contributed by atoms with Gasteiger partial charge in [0.25, 0.3) is 11.8 Å². The molecule has 0 bridgehead atoms. The van der Waals surface area contributed by atoms with Crippen LogP contribution >= 0.6 is 11.6 Å². The lowest BCUT2D eigenvalue weighted by Gasteiger charge is -2.43. The molecule has 146 valence electrons. The lowest BCUT2D eigenvalue weighted by Crippen LogP contribution is -2.50. The number of anilines is 1. The summed E-state index contributed by atoms with van der Waals surface area (Å²) in [7, 11) is 0. The fraction of sp³-hybridized carbons (Fsp3) is 0.182. The first-order chi connectivity index (χ1) is 14.1. The molecule has 1 aliphatic carbocycles. The maximum Gasteiger partial charge on any atom is 0.258 e. The Kier molecular flexibility index (Phi) is 5.27. The van der Waals surface area contributed by atoms with Crippen molar-refractivity contribution in [1.82, 2.24) is 15.3 Å². The van der Waals surface area contributed by atoms with Crippen LogP contribution < -0.4 is 10.6 Å². The summed E-state index contributed by atoms with van der Waals surface area (Å²) >= 11 is 5.91. The Labute approximate surface area is 173 Å². The Morgan fingerprint density at radius 2 is 1.52 bits per heavy atom. The van der Waals surface area contributed by atoms with E-state index in [2.05, 4.69) is 20.6 Å². The van der Waals surface area contributed by atoms with Gasteiger partial charge >= 0.3 is 0 Å². The molecule has 4 rings (SSSR count). The van der Waals surface area contributed by atoms with Gasteiger partial charge in [0.1, 0.15) is 6.33 Å². The van der Waals surface area contributed by atoms with Gasteiger partial charge in [-0.2, -0.15) is 0 Å². The Morgan fingerprint density at radius 1 is 0.862 bits per heavy atom. The Hall–Kier alpha value is -3.25. The zero-order valence-electron chi connectivity index (χ0n) is 15.6. The van der Waals surface area contributed by atoms with E-state index in [4.69, 9.17) is 11.6 Å². The van der Waals surface area contributed by atoms with E-state index in [0.717, 1.165) is 24.8 Å². The lowest BCUT2D eigenvalue weighted by atomic mass is 9.71. The quantitative estimate of drug-likeness (QED) is 0.665. The monoisotopic (exact) mass is 406 g/mol. The van der Waals surface area contributed by atoms with Crippen molar-refractivity contribution >= 4 is 29.1 Å². The topological polar surface area (TPSA) is 84.0 Å². The zero-order chi connectivity index (χ0) is 20.3. The molecule has 0 unspecified atom stereocenters. The number of benzene rings is 2. The Bertz CT molecular complexity index is 1020. The fourth-order valence-corrected chi connectivity index (χ4v) is 3.53. The molecule has 2 aromatic carbocycles. The molecule has 6 nitrogen and oxygen atoms in total. The summed E-state index contributed by atoms with van der Waals surface area (Å²) in [4.78, 5) is 32.6. The summed E-state index contributed by atoms with van der Waals surface area (Å²) in [5, 5.41) is 6.61. The lowest BCUT2D eigenvalue weighted by molar-refractivity contribution is 0.0823. The molecule has 0 radical (unpaired) electrons. The minimum atomic E-state index is -0.382. The van der Waals surface area contributed by atoms with Gasteiger partial charge in [-0.05, 0) is 61.2 Å². The van der Waals surface area contributed by atoms with Crippen molar-refractivity contribution < 1.29 is 9.59 Å². The molecule has 0 atom stereocenters. The van der Waals surface area contributed by atoms with Crippen molar-refractivity contribution in [3.63, 3.8) is 0 Å². The largest absolute Gasteiger partial charge is 0.343 e. The second-order valence-corrected chi connectivity index (χ2v) is 7.49. The van der Waals surface area contributed by atoms with Crippen LogP contribution in [0.5, 0.6) is 0 Å². The molecular weight excluding hydrogens is 388 g/mol. The summed E-state index contributed by atoms with van der Waals surface area (Å²) in [6.07, 6.45) is 7.10. The summed E-state index contributed by atoms with van der Waals surface area (Å²) in [6, 6.07) is 14.4. The minimum Gasteiger partial charge on any atom is -0.343 e. The van der Waals surface area contributed by atoms with Gasteiger partial charge < -0.3 is 10.6 Å². The number of carbonyl (C=O) groups is 2. The van der Waals surface area contributed by atoms with Crippen molar-refractivity contribution in [3.8, 4) is 0 Å². The van der Waals surface area contributed by atoms with E-state index >= 15 is 0 Å². The third-order valence-corrected chi connectivity index (χ3v) is 5.44. The van der Waals surface area contributed by atoms with Gasteiger partial charge in [-0.1, -0.05) is 23.7 Å². The molecule has 0 saturated heterocycles. The second kappa shape index (κ2) is 8.01. The van der Waals surface area contributed by atoms with Crippen LogP contribution in [0.2, 0.25) is 5.02 Å². The first-order valence-electron chi connectivity index (χ1n) is 9.31. The SMILES string of the molecule is O=C(Nc1ccc(C2(NC(=O)c3ccc(Cl)cc3)CCC2)cc1)c1cncnc1. The molecule has 1 heterocycles. The molecule has 1 fully saturated rings. The van der Waals surface area contributed by atoms with E-state index in [0.29, 0.717) is 21.8 Å². The maximum absolute atomic E-state index is 12.7. The number of halogens is 1. The normalized spacial score (nSPS) is 14.5. The van der Waals surface area contributed by atoms with Gasteiger partial charge in [0.05, 0.1) is 11.1 Å². The summed E-state index contributed by atoms with van der Waals surface area (Å²) in [6.45, 7) is 0. The van der Waals surface area contributed by atoms with Crippen LogP contribution in [0.4, 0.5) is 5.69 Å². The van der Waals surface area contributed by atoms with Crippen LogP contribution in [0.15, 0.2) is 67.3 Å². The molecule has 2 N–H and O–H groups in total. The number of nitrogens with zero attached hydrogens (tertiary/aromatic N) is 2. The number of aromatic nitrogens is 2. The number of carbonyl (C=O) groups excluding carboxylic acids is 2. The number of hydrogen-bond acceptors (Lipinski definition) is 4. The van der Waals surface area contributed by atoms with E-state index in [1.165, 1.54) is 18.7 Å². The molecule has 0 aliphatic heterocycles. The van der Waals surface area contributed by atoms with Crippen molar-refractivity contribution in [2.45, 2.75) is 24.8 Å². The summed E-state index contributed by atoms with van der Waals surface area (Å²) in [5.74, 6) is -0.393. The van der Waals surface area contributed by atoms with Crippen molar-refractivity contribution in [1.29, 1.82) is 0 Å². The highest BCUT2D eigenvalue weighted by Crippen LogP contribution is 2.41. The molecular formula is C22H19ClN4O2. The zero-order valence-corrected chi connectivity index (χ0v) is 16.3. The molecule has 1 aromatic heterocycles. The van der Waals surface area contributed by atoms with Crippen LogP contribution in [0.25, 0.3) is 0 Å².